The van der Waals surface area contributed by atoms with Crippen molar-refractivity contribution >= 4 is 23.2 Å². The standard InChI is InChI=1S/C36H38N2O3/c1-4-5-7-12-27-17-19-28(20-18-27)36(40)38(30-13-8-6-9-14-30)34-25-26(2)37(33-16-11-10-15-32(33)34)35(39)29-21-23-31(41-3)24-22-29/h6,8-11,13-24,26,34H,4-5,7,12,25H2,1-3H3/t26-,34+/m1/s1. The summed E-state index contributed by atoms with van der Waals surface area (Å²) in [5.41, 5.74) is 5.14. The van der Waals surface area contributed by atoms with Crippen molar-refractivity contribution in [2.24, 2.45) is 0 Å². The Balaban J connectivity index is 1.51. The van der Waals surface area contributed by atoms with Gasteiger partial charge in [-0.05, 0) is 91.9 Å². The molecule has 210 valence electrons. The fourth-order valence-electron chi connectivity index (χ4n) is 5.77. The normalized spacial score (nSPS) is 16.1. The smallest absolute Gasteiger partial charge is 0.258 e. The van der Waals surface area contributed by atoms with E-state index in [1.54, 1.807) is 31.4 Å². The molecule has 0 spiro atoms. The van der Waals surface area contributed by atoms with Crippen LogP contribution in [0.15, 0.2) is 103 Å². The maximum Gasteiger partial charge on any atom is 0.258 e. The second-order valence-corrected chi connectivity index (χ2v) is 10.7. The van der Waals surface area contributed by atoms with Crippen LogP contribution < -0.4 is 14.5 Å². The Labute approximate surface area is 243 Å². The minimum atomic E-state index is -0.236. The molecule has 0 fully saturated rings. The lowest BCUT2D eigenvalue weighted by Crippen LogP contribution is -2.47. The average molecular weight is 547 g/mol. The van der Waals surface area contributed by atoms with Crippen LogP contribution >= 0.6 is 0 Å². The molecule has 1 aliphatic heterocycles. The molecule has 0 saturated heterocycles. The number of unbranched alkanes of at least 4 members (excludes halogenated alkanes) is 2. The second kappa shape index (κ2) is 12.9. The molecule has 4 aromatic rings. The number of hydrogen-bond acceptors (Lipinski definition) is 3. The molecule has 0 unspecified atom stereocenters. The molecule has 1 aliphatic rings. The molecule has 0 bridgehead atoms. The van der Waals surface area contributed by atoms with Crippen LogP contribution in [0.3, 0.4) is 0 Å². The predicted molar refractivity (Wildman–Crippen MR) is 166 cm³/mol. The fraction of sp³-hybridized carbons (Fsp3) is 0.278. The number of para-hydroxylation sites is 2. The van der Waals surface area contributed by atoms with Crippen molar-refractivity contribution in [2.45, 2.75) is 58.0 Å². The van der Waals surface area contributed by atoms with Gasteiger partial charge in [-0.15, -0.1) is 0 Å². The van der Waals surface area contributed by atoms with E-state index in [-0.39, 0.29) is 23.9 Å². The first-order valence-electron chi connectivity index (χ1n) is 14.6. The second-order valence-electron chi connectivity index (χ2n) is 10.7. The van der Waals surface area contributed by atoms with E-state index in [0.717, 1.165) is 29.8 Å². The first-order chi connectivity index (χ1) is 20.0. The Bertz CT molecular complexity index is 1470. The van der Waals surface area contributed by atoms with Crippen molar-refractivity contribution in [2.75, 3.05) is 16.9 Å². The van der Waals surface area contributed by atoms with Gasteiger partial charge in [0.05, 0.1) is 13.2 Å². The first-order valence-corrected chi connectivity index (χ1v) is 14.6. The molecule has 5 nitrogen and oxygen atoms in total. The molecule has 0 saturated carbocycles. The third-order valence-corrected chi connectivity index (χ3v) is 7.95. The van der Waals surface area contributed by atoms with Crippen LogP contribution in [0.25, 0.3) is 0 Å². The van der Waals surface area contributed by atoms with Crippen LogP contribution in [0.5, 0.6) is 5.75 Å². The number of aryl methyl sites for hydroxylation is 1. The molecule has 4 aromatic carbocycles. The number of fused-ring (bicyclic) bond motifs is 1. The van der Waals surface area contributed by atoms with E-state index < -0.39 is 0 Å². The fourth-order valence-corrected chi connectivity index (χ4v) is 5.77. The summed E-state index contributed by atoms with van der Waals surface area (Å²) in [6, 6.07) is 32.7. The first kappa shape index (κ1) is 28.2. The van der Waals surface area contributed by atoms with E-state index in [1.165, 1.54) is 18.4 Å². The van der Waals surface area contributed by atoms with E-state index in [9.17, 15) is 9.59 Å². The van der Waals surface area contributed by atoms with Gasteiger partial charge in [0.1, 0.15) is 5.75 Å². The molecule has 0 aliphatic carbocycles. The molecule has 5 heteroatoms. The number of nitrogens with zero attached hydrogens (tertiary/aromatic N) is 2. The van der Waals surface area contributed by atoms with Gasteiger partial charge < -0.3 is 14.5 Å². The molecule has 41 heavy (non-hydrogen) atoms. The maximum absolute atomic E-state index is 14.3. The van der Waals surface area contributed by atoms with Gasteiger partial charge in [-0.3, -0.25) is 9.59 Å². The molecule has 0 aromatic heterocycles. The number of carbonyl (C=O) groups is 2. The number of methoxy groups -OCH3 is 1. The number of hydrogen-bond donors (Lipinski definition) is 0. The van der Waals surface area contributed by atoms with Crippen LogP contribution in [0.4, 0.5) is 11.4 Å². The Morgan fingerprint density at radius 3 is 2.17 bits per heavy atom. The minimum absolute atomic E-state index is 0.0433. The Morgan fingerprint density at radius 1 is 0.829 bits per heavy atom. The van der Waals surface area contributed by atoms with E-state index in [4.69, 9.17) is 4.74 Å². The van der Waals surface area contributed by atoms with Gasteiger partial charge in [0.15, 0.2) is 0 Å². The molecule has 2 amide bonds. The zero-order valence-electron chi connectivity index (χ0n) is 24.1. The Kier molecular flexibility index (Phi) is 8.83. The largest absolute Gasteiger partial charge is 0.497 e. The molecule has 0 N–H and O–H groups in total. The summed E-state index contributed by atoms with van der Waals surface area (Å²) >= 11 is 0. The third-order valence-electron chi connectivity index (χ3n) is 7.95. The van der Waals surface area contributed by atoms with Crippen molar-refractivity contribution in [3.05, 3.63) is 125 Å². The topological polar surface area (TPSA) is 49.9 Å². The zero-order chi connectivity index (χ0) is 28.8. The SMILES string of the molecule is CCCCCc1ccc(C(=O)N(c2ccccc2)[C@H]2C[C@@H](C)N(C(=O)c3ccc(OC)cc3)c3ccccc32)cc1. The van der Waals surface area contributed by atoms with Crippen LogP contribution in [0.1, 0.15) is 77.4 Å². The zero-order valence-corrected chi connectivity index (χ0v) is 24.1. The summed E-state index contributed by atoms with van der Waals surface area (Å²) in [6.45, 7) is 4.27. The van der Waals surface area contributed by atoms with Crippen LogP contribution in [-0.4, -0.2) is 25.0 Å². The lowest BCUT2D eigenvalue weighted by atomic mass is 9.89. The molecule has 0 radical (unpaired) electrons. The Morgan fingerprint density at radius 2 is 1.49 bits per heavy atom. The van der Waals surface area contributed by atoms with Gasteiger partial charge >= 0.3 is 0 Å². The molecular weight excluding hydrogens is 508 g/mol. The number of ether oxygens (including phenoxy) is 1. The van der Waals surface area contributed by atoms with Crippen LogP contribution in [0.2, 0.25) is 0 Å². The van der Waals surface area contributed by atoms with Crippen molar-refractivity contribution in [3.8, 4) is 5.75 Å². The van der Waals surface area contributed by atoms with Gasteiger partial charge in [0.2, 0.25) is 0 Å². The monoisotopic (exact) mass is 546 g/mol. The van der Waals surface area contributed by atoms with Crippen molar-refractivity contribution < 1.29 is 14.3 Å². The van der Waals surface area contributed by atoms with Gasteiger partial charge in [-0.1, -0.05) is 68.3 Å². The highest BCUT2D eigenvalue weighted by molar-refractivity contribution is 6.09. The minimum Gasteiger partial charge on any atom is -0.497 e. The summed E-state index contributed by atoms with van der Waals surface area (Å²) in [5.74, 6) is 0.597. The van der Waals surface area contributed by atoms with E-state index in [1.807, 2.05) is 76.5 Å². The van der Waals surface area contributed by atoms with Gasteiger partial charge in [0.25, 0.3) is 11.8 Å². The Hall–Kier alpha value is -4.38. The van der Waals surface area contributed by atoms with Crippen molar-refractivity contribution in [1.29, 1.82) is 0 Å². The van der Waals surface area contributed by atoms with Gasteiger partial charge in [-0.2, -0.15) is 0 Å². The summed E-state index contributed by atoms with van der Waals surface area (Å²) in [6.07, 6.45) is 5.18. The van der Waals surface area contributed by atoms with Gasteiger partial charge in [-0.25, -0.2) is 0 Å². The number of amides is 2. The van der Waals surface area contributed by atoms with E-state index in [0.29, 0.717) is 23.3 Å². The molecule has 2 atom stereocenters. The quantitative estimate of drug-likeness (QED) is 0.199. The van der Waals surface area contributed by atoms with Crippen LogP contribution in [0, 0.1) is 0 Å². The van der Waals surface area contributed by atoms with Crippen molar-refractivity contribution in [3.63, 3.8) is 0 Å². The van der Waals surface area contributed by atoms with Crippen LogP contribution in [-0.2, 0) is 6.42 Å². The highest BCUT2D eigenvalue weighted by Crippen LogP contribution is 2.43. The highest BCUT2D eigenvalue weighted by Gasteiger charge is 2.39. The molecule has 5 rings (SSSR count). The van der Waals surface area contributed by atoms with E-state index in [2.05, 4.69) is 26.0 Å². The maximum atomic E-state index is 14.3. The summed E-state index contributed by atoms with van der Waals surface area (Å²) in [7, 11) is 1.61. The summed E-state index contributed by atoms with van der Waals surface area (Å²) in [4.78, 5) is 31.8. The average Bonchev–Trinajstić information content (AvgIpc) is 3.02. The molecule has 1 heterocycles. The van der Waals surface area contributed by atoms with Crippen molar-refractivity contribution in [1.82, 2.24) is 0 Å². The third kappa shape index (κ3) is 6.04. The number of benzene rings is 4. The highest BCUT2D eigenvalue weighted by atomic mass is 16.5. The lowest BCUT2D eigenvalue weighted by molar-refractivity contribution is 0.0965. The summed E-state index contributed by atoms with van der Waals surface area (Å²) < 4.78 is 5.28. The summed E-state index contributed by atoms with van der Waals surface area (Å²) in [5, 5.41) is 0. The predicted octanol–water partition coefficient (Wildman–Crippen LogP) is 8.26. The number of carbonyl (C=O) groups excluding carboxylic acids is 2. The van der Waals surface area contributed by atoms with Gasteiger partial charge in [0, 0.05) is 28.5 Å². The number of rotatable bonds is 9. The van der Waals surface area contributed by atoms with E-state index >= 15 is 0 Å². The number of anilines is 2. The lowest BCUT2D eigenvalue weighted by Gasteiger charge is -2.43. The molecular formula is C36H38N2O3.